The third-order valence-electron chi connectivity index (χ3n) is 3.27. The molecule has 0 radical (unpaired) electrons. The first-order chi connectivity index (χ1) is 11.5. The summed E-state index contributed by atoms with van der Waals surface area (Å²) >= 11 is 0. The lowest BCUT2D eigenvalue weighted by molar-refractivity contribution is -0.148. The summed E-state index contributed by atoms with van der Waals surface area (Å²) in [6, 6.07) is 0.708. The maximum atomic E-state index is 11.9. The second-order valence-corrected chi connectivity index (χ2v) is 26.9. The molecule has 5 nitrogen and oxygen atoms in total. The van der Waals surface area contributed by atoms with Crippen LogP contribution in [0.15, 0.2) is 0 Å². The van der Waals surface area contributed by atoms with Crippen molar-refractivity contribution in [2.24, 2.45) is 5.92 Å². The molecule has 0 aliphatic carbocycles. The summed E-state index contributed by atoms with van der Waals surface area (Å²) in [4.78, 5) is 11.9. The Balaban J connectivity index is 5.23. The van der Waals surface area contributed by atoms with Gasteiger partial charge in [-0.25, -0.2) is 0 Å². The minimum absolute atomic E-state index is 0.0494. The average molecular weight is 439 g/mol. The van der Waals surface area contributed by atoms with Crippen molar-refractivity contribution in [1.82, 2.24) is 0 Å². The highest BCUT2D eigenvalue weighted by molar-refractivity contribution is 6.90. The Morgan fingerprint density at radius 1 is 0.808 bits per heavy atom. The van der Waals surface area contributed by atoms with Crippen molar-refractivity contribution in [1.29, 1.82) is 0 Å². The maximum absolute atomic E-state index is 11.9. The van der Waals surface area contributed by atoms with E-state index in [4.69, 9.17) is 17.1 Å². The van der Waals surface area contributed by atoms with Crippen LogP contribution >= 0.6 is 0 Å². The molecule has 26 heavy (non-hydrogen) atoms. The fraction of sp³-hybridized carbons (Fsp3) is 0.941. The van der Waals surface area contributed by atoms with Gasteiger partial charge in [-0.1, -0.05) is 13.8 Å². The standard InChI is InChI=1S/C17H42O5Si4/c1-12-16(2)17(18)19-14-13-15-26(20-23(3,4)5,21-24(6,7)8)22-25(9,10)11/h16H,12-15H2,1-11H3. The minimum Gasteiger partial charge on any atom is -0.465 e. The molecule has 0 aromatic rings. The third kappa shape index (κ3) is 12.6. The molecular formula is C17H42O5Si4. The lowest BCUT2D eigenvalue weighted by Gasteiger charge is -2.42. The zero-order valence-electron chi connectivity index (χ0n) is 18.9. The van der Waals surface area contributed by atoms with Crippen LogP contribution in [0.25, 0.3) is 0 Å². The molecule has 0 bridgehead atoms. The number of carbonyl (C=O) groups excluding carboxylic acids is 1. The van der Waals surface area contributed by atoms with Gasteiger partial charge in [-0.15, -0.1) is 0 Å². The predicted octanol–water partition coefficient (Wildman–Crippen LogP) is 5.46. The van der Waals surface area contributed by atoms with Gasteiger partial charge in [0.15, 0.2) is 25.0 Å². The molecule has 0 saturated carbocycles. The molecule has 0 aliphatic heterocycles. The third-order valence-corrected chi connectivity index (χ3v) is 15.3. The summed E-state index contributed by atoms with van der Waals surface area (Å²) in [5, 5.41) is 0. The summed E-state index contributed by atoms with van der Waals surface area (Å²) in [6.45, 7) is 23.9. The van der Waals surface area contributed by atoms with Crippen molar-refractivity contribution in [3.63, 3.8) is 0 Å². The Hall–Kier alpha value is 0.218. The number of hydrogen-bond donors (Lipinski definition) is 0. The number of hydrogen-bond acceptors (Lipinski definition) is 5. The summed E-state index contributed by atoms with van der Waals surface area (Å²) in [7, 11) is -8.36. The summed E-state index contributed by atoms with van der Waals surface area (Å²) in [5.74, 6) is -0.171. The van der Waals surface area contributed by atoms with Crippen LogP contribution in [-0.4, -0.2) is 46.3 Å². The van der Waals surface area contributed by atoms with Gasteiger partial charge in [0.1, 0.15) is 0 Å². The SMILES string of the molecule is CCC(C)C(=O)OCCC[Si](O[Si](C)(C)C)(O[Si](C)(C)C)O[Si](C)(C)C. The van der Waals surface area contributed by atoms with Crippen molar-refractivity contribution >= 4 is 39.7 Å². The van der Waals surface area contributed by atoms with Crippen molar-refractivity contribution in [3.05, 3.63) is 0 Å². The van der Waals surface area contributed by atoms with Gasteiger partial charge >= 0.3 is 14.8 Å². The monoisotopic (exact) mass is 438 g/mol. The van der Waals surface area contributed by atoms with Crippen LogP contribution < -0.4 is 0 Å². The van der Waals surface area contributed by atoms with Gasteiger partial charge in [0.05, 0.1) is 12.5 Å². The first kappa shape index (κ1) is 26.2. The van der Waals surface area contributed by atoms with Gasteiger partial charge in [0.2, 0.25) is 0 Å². The van der Waals surface area contributed by atoms with Gasteiger partial charge in [0, 0.05) is 6.04 Å². The molecule has 0 aliphatic rings. The summed E-state index contributed by atoms with van der Waals surface area (Å²) in [5.41, 5.74) is 0. The molecule has 0 spiro atoms. The van der Waals surface area contributed by atoms with Gasteiger partial charge in [-0.05, 0) is 71.8 Å². The smallest absolute Gasteiger partial charge is 0.465 e. The highest BCUT2D eigenvalue weighted by Crippen LogP contribution is 2.29. The Bertz CT molecular complexity index is 397. The molecule has 0 aromatic heterocycles. The Labute approximate surface area is 165 Å². The van der Waals surface area contributed by atoms with E-state index in [-0.39, 0.29) is 11.9 Å². The molecular weight excluding hydrogens is 397 g/mol. The summed E-state index contributed by atoms with van der Waals surface area (Å²) < 4.78 is 25.3. The highest BCUT2D eigenvalue weighted by Gasteiger charge is 2.49. The van der Waals surface area contributed by atoms with Crippen molar-refractivity contribution in [2.45, 2.75) is 91.7 Å². The molecule has 0 rings (SSSR count). The largest absolute Gasteiger partial charge is 0.469 e. The van der Waals surface area contributed by atoms with Crippen molar-refractivity contribution in [2.75, 3.05) is 6.61 Å². The number of rotatable bonds is 12. The second-order valence-electron chi connectivity index (χ2n) is 9.91. The van der Waals surface area contributed by atoms with Crippen LogP contribution in [0.5, 0.6) is 0 Å². The number of ether oxygens (including phenoxy) is 1. The van der Waals surface area contributed by atoms with Gasteiger partial charge in [-0.2, -0.15) is 0 Å². The molecule has 9 heteroatoms. The maximum Gasteiger partial charge on any atom is 0.469 e. The van der Waals surface area contributed by atoms with E-state index in [9.17, 15) is 4.79 Å². The molecule has 0 saturated heterocycles. The normalized spacial score (nSPS) is 15.0. The second kappa shape index (κ2) is 10.1. The molecule has 156 valence electrons. The van der Waals surface area contributed by atoms with E-state index in [1.54, 1.807) is 0 Å². The van der Waals surface area contributed by atoms with E-state index in [0.717, 1.165) is 6.42 Å². The fourth-order valence-corrected chi connectivity index (χ4v) is 17.0. The van der Waals surface area contributed by atoms with Crippen LogP contribution in [0.1, 0.15) is 26.7 Å². The quantitative estimate of drug-likeness (QED) is 0.230. The average Bonchev–Trinajstić information content (AvgIpc) is 2.36. The van der Waals surface area contributed by atoms with E-state index in [0.29, 0.717) is 19.1 Å². The van der Waals surface area contributed by atoms with Gasteiger partial charge in [-0.3, -0.25) is 4.79 Å². The summed E-state index contributed by atoms with van der Waals surface area (Å²) in [6.07, 6.45) is 1.52. The van der Waals surface area contributed by atoms with Crippen LogP contribution in [0.2, 0.25) is 65.0 Å². The van der Waals surface area contributed by atoms with Crippen LogP contribution in [0.3, 0.4) is 0 Å². The Kier molecular flexibility index (Phi) is 10.2. The number of carbonyl (C=O) groups is 1. The lowest BCUT2D eigenvalue weighted by atomic mass is 10.1. The van der Waals surface area contributed by atoms with Crippen LogP contribution in [-0.2, 0) is 21.9 Å². The lowest BCUT2D eigenvalue weighted by Crippen LogP contribution is -2.60. The Morgan fingerprint density at radius 2 is 1.19 bits per heavy atom. The molecule has 1 unspecified atom stereocenters. The van der Waals surface area contributed by atoms with E-state index in [2.05, 4.69) is 58.9 Å². The van der Waals surface area contributed by atoms with Crippen molar-refractivity contribution < 1.29 is 21.9 Å². The minimum atomic E-state index is -2.82. The van der Waals surface area contributed by atoms with E-state index >= 15 is 0 Å². The zero-order valence-corrected chi connectivity index (χ0v) is 22.9. The fourth-order valence-electron chi connectivity index (χ4n) is 2.39. The van der Waals surface area contributed by atoms with E-state index < -0.39 is 33.8 Å². The highest BCUT2D eigenvalue weighted by atomic mass is 28.5. The Morgan fingerprint density at radius 3 is 1.50 bits per heavy atom. The van der Waals surface area contributed by atoms with E-state index in [1.165, 1.54) is 0 Å². The molecule has 1 atom stereocenters. The topological polar surface area (TPSA) is 54.0 Å². The van der Waals surface area contributed by atoms with Gasteiger partial charge < -0.3 is 17.1 Å². The molecule has 0 fully saturated rings. The predicted molar refractivity (Wildman–Crippen MR) is 119 cm³/mol. The van der Waals surface area contributed by atoms with Crippen molar-refractivity contribution in [3.8, 4) is 0 Å². The number of esters is 1. The molecule has 0 heterocycles. The van der Waals surface area contributed by atoms with Gasteiger partial charge in [0.25, 0.3) is 0 Å². The molecule has 0 amide bonds. The first-order valence-corrected chi connectivity index (χ1v) is 21.9. The van der Waals surface area contributed by atoms with E-state index in [1.807, 2.05) is 13.8 Å². The van der Waals surface area contributed by atoms with Crippen LogP contribution in [0, 0.1) is 5.92 Å². The van der Waals surface area contributed by atoms with Crippen LogP contribution in [0.4, 0.5) is 0 Å². The molecule has 0 aromatic carbocycles. The molecule has 0 N–H and O–H groups in total. The first-order valence-electron chi connectivity index (χ1n) is 9.76. The zero-order chi connectivity index (χ0) is 20.8.